The number of thiophene rings is 1. The third kappa shape index (κ3) is 4.19. The van der Waals surface area contributed by atoms with Crippen molar-refractivity contribution in [2.75, 3.05) is 33.3 Å². The normalized spacial score (nSPS) is 21.9. The molecule has 0 aliphatic carbocycles. The van der Waals surface area contributed by atoms with Crippen LogP contribution in [0.4, 0.5) is 0 Å². The molecule has 17 heavy (non-hydrogen) atoms. The Hall–Kier alpha value is 0.350. The first kappa shape index (κ1) is 13.8. The average Bonchev–Trinajstić information content (AvgIpc) is 2.58. The predicted molar refractivity (Wildman–Crippen MR) is 76.0 cm³/mol. The van der Waals surface area contributed by atoms with E-state index in [1.807, 2.05) is 0 Å². The topological polar surface area (TPSA) is 24.5 Å². The molecule has 1 saturated heterocycles. The highest BCUT2D eigenvalue weighted by molar-refractivity contribution is 9.10. The fourth-order valence-electron chi connectivity index (χ4n) is 1.83. The highest BCUT2D eigenvalue weighted by Crippen LogP contribution is 2.31. The molecule has 1 aromatic heterocycles. The van der Waals surface area contributed by atoms with Crippen molar-refractivity contribution in [1.29, 1.82) is 0 Å². The van der Waals surface area contributed by atoms with Crippen LogP contribution in [0.25, 0.3) is 0 Å². The van der Waals surface area contributed by atoms with Crippen molar-refractivity contribution < 1.29 is 4.74 Å². The van der Waals surface area contributed by atoms with Gasteiger partial charge in [0, 0.05) is 35.5 Å². The average molecular weight is 340 g/mol. The molecule has 1 unspecified atom stereocenters. The van der Waals surface area contributed by atoms with Gasteiger partial charge < -0.3 is 15.0 Å². The molecule has 0 aromatic carbocycles. The lowest BCUT2D eigenvalue weighted by Crippen LogP contribution is -2.44. The number of hydrogen-bond donors (Lipinski definition) is 1. The number of rotatable bonds is 4. The van der Waals surface area contributed by atoms with Gasteiger partial charge >= 0.3 is 0 Å². The second kappa shape index (κ2) is 6.50. The van der Waals surface area contributed by atoms with E-state index >= 15 is 0 Å². The van der Waals surface area contributed by atoms with Gasteiger partial charge in [0.15, 0.2) is 0 Å². The summed E-state index contributed by atoms with van der Waals surface area (Å²) in [5, 5.41) is 3.41. The van der Waals surface area contributed by atoms with Crippen LogP contribution in [0.1, 0.15) is 4.88 Å². The Kier molecular flexibility index (Phi) is 5.26. The zero-order valence-electron chi connectivity index (χ0n) is 9.71. The van der Waals surface area contributed by atoms with Gasteiger partial charge in [-0.3, -0.25) is 0 Å². The van der Waals surface area contributed by atoms with E-state index in [2.05, 4.69) is 39.3 Å². The maximum Gasteiger partial charge on any atom is 0.107 e. The molecular formula is C11H16BrClN2OS. The Morgan fingerprint density at radius 2 is 2.53 bits per heavy atom. The highest BCUT2D eigenvalue weighted by Gasteiger charge is 2.17. The summed E-state index contributed by atoms with van der Waals surface area (Å²) in [6.45, 7) is 4.60. The van der Waals surface area contributed by atoms with Crippen molar-refractivity contribution in [1.82, 2.24) is 10.2 Å². The lowest BCUT2D eigenvalue weighted by Gasteiger charge is -2.30. The number of nitrogens with zero attached hydrogens (tertiary/aromatic N) is 1. The fourth-order valence-corrected chi connectivity index (χ4v) is 3.59. The van der Waals surface area contributed by atoms with Gasteiger partial charge in [0.05, 0.1) is 12.7 Å². The zero-order valence-corrected chi connectivity index (χ0v) is 12.9. The molecular weight excluding hydrogens is 324 g/mol. The quantitative estimate of drug-likeness (QED) is 0.912. The Balaban J connectivity index is 1.72. The van der Waals surface area contributed by atoms with Crippen molar-refractivity contribution in [2.24, 2.45) is 0 Å². The van der Waals surface area contributed by atoms with Crippen LogP contribution in [0, 0.1) is 0 Å². The number of halogens is 2. The summed E-state index contributed by atoms with van der Waals surface area (Å²) < 4.78 is 7.48. The molecule has 6 heteroatoms. The first-order chi connectivity index (χ1) is 8.15. The van der Waals surface area contributed by atoms with Crippen LogP contribution in [0.3, 0.4) is 0 Å². The van der Waals surface area contributed by atoms with E-state index in [0.717, 1.165) is 41.6 Å². The Morgan fingerprint density at radius 3 is 3.18 bits per heavy atom. The minimum Gasteiger partial charge on any atom is -0.374 e. The standard InChI is InChI=1S/C11H16BrClN2OS/c1-15-2-3-16-8(7-15)5-14-6-9-4-10(12)11(13)17-9/h4,8,14H,2-3,5-7H2,1H3. The molecule has 0 radical (unpaired) electrons. The molecule has 1 aliphatic heterocycles. The molecule has 1 fully saturated rings. The number of likely N-dealkylation sites (N-methyl/N-ethyl adjacent to an activating group) is 1. The predicted octanol–water partition coefficient (Wildman–Crippen LogP) is 2.58. The number of nitrogens with one attached hydrogen (secondary N) is 1. The molecule has 0 saturated carbocycles. The van der Waals surface area contributed by atoms with Crippen LogP contribution in [-0.4, -0.2) is 44.3 Å². The van der Waals surface area contributed by atoms with Gasteiger partial charge in [0.1, 0.15) is 4.34 Å². The van der Waals surface area contributed by atoms with E-state index in [9.17, 15) is 0 Å². The second-order valence-electron chi connectivity index (χ2n) is 4.22. The summed E-state index contributed by atoms with van der Waals surface area (Å²) in [7, 11) is 2.13. The Bertz CT molecular complexity index is 355. The number of morpholine rings is 1. The van der Waals surface area contributed by atoms with E-state index in [-0.39, 0.29) is 0 Å². The molecule has 0 bridgehead atoms. The van der Waals surface area contributed by atoms with Crippen LogP contribution >= 0.6 is 38.9 Å². The van der Waals surface area contributed by atoms with Crippen molar-refractivity contribution in [3.63, 3.8) is 0 Å². The van der Waals surface area contributed by atoms with Crippen LogP contribution < -0.4 is 5.32 Å². The third-order valence-corrected chi connectivity index (χ3v) is 5.18. The van der Waals surface area contributed by atoms with Gasteiger partial charge in [0.25, 0.3) is 0 Å². The summed E-state index contributed by atoms with van der Waals surface area (Å²) in [5.74, 6) is 0. The molecule has 1 aromatic rings. The van der Waals surface area contributed by atoms with Crippen molar-refractivity contribution in [2.45, 2.75) is 12.6 Å². The summed E-state index contributed by atoms with van der Waals surface area (Å²) >= 11 is 11.0. The smallest absolute Gasteiger partial charge is 0.107 e. The van der Waals surface area contributed by atoms with Gasteiger partial charge in [0.2, 0.25) is 0 Å². The number of hydrogen-bond acceptors (Lipinski definition) is 4. The molecule has 1 N–H and O–H groups in total. The van der Waals surface area contributed by atoms with Gasteiger partial charge in [-0.05, 0) is 29.0 Å². The monoisotopic (exact) mass is 338 g/mol. The van der Waals surface area contributed by atoms with Crippen LogP contribution in [-0.2, 0) is 11.3 Å². The molecule has 0 amide bonds. The molecule has 1 atom stereocenters. The summed E-state index contributed by atoms with van der Waals surface area (Å²) in [6, 6.07) is 2.06. The summed E-state index contributed by atoms with van der Waals surface area (Å²) in [4.78, 5) is 3.54. The van der Waals surface area contributed by atoms with Crippen molar-refractivity contribution in [3.05, 3.63) is 19.8 Å². The second-order valence-corrected chi connectivity index (χ2v) is 6.81. The van der Waals surface area contributed by atoms with E-state index in [1.165, 1.54) is 4.88 Å². The molecule has 2 rings (SSSR count). The fraction of sp³-hybridized carbons (Fsp3) is 0.636. The summed E-state index contributed by atoms with van der Waals surface area (Å²) in [5.41, 5.74) is 0. The van der Waals surface area contributed by atoms with Crippen molar-refractivity contribution in [3.8, 4) is 0 Å². The maximum atomic E-state index is 5.99. The van der Waals surface area contributed by atoms with E-state index in [1.54, 1.807) is 11.3 Å². The lowest BCUT2D eigenvalue weighted by molar-refractivity contribution is -0.0181. The van der Waals surface area contributed by atoms with Crippen LogP contribution in [0.2, 0.25) is 4.34 Å². The molecule has 96 valence electrons. The van der Waals surface area contributed by atoms with Crippen LogP contribution in [0.15, 0.2) is 10.5 Å². The van der Waals surface area contributed by atoms with Gasteiger partial charge in [-0.2, -0.15) is 0 Å². The largest absolute Gasteiger partial charge is 0.374 e. The van der Waals surface area contributed by atoms with Gasteiger partial charge in [-0.15, -0.1) is 11.3 Å². The number of ether oxygens (including phenoxy) is 1. The first-order valence-electron chi connectivity index (χ1n) is 5.59. The van der Waals surface area contributed by atoms with E-state index < -0.39 is 0 Å². The van der Waals surface area contributed by atoms with Crippen molar-refractivity contribution >= 4 is 38.9 Å². The Morgan fingerprint density at radius 1 is 1.71 bits per heavy atom. The molecule has 0 spiro atoms. The zero-order chi connectivity index (χ0) is 12.3. The highest BCUT2D eigenvalue weighted by atomic mass is 79.9. The Labute approximate surface area is 119 Å². The summed E-state index contributed by atoms with van der Waals surface area (Å²) in [6.07, 6.45) is 0.299. The lowest BCUT2D eigenvalue weighted by atomic mass is 10.3. The SMILES string of the molecule is CN1CCOC(CNCc2cc(Br)c(Cl)s2)C1. The van der Waals surface area contributed by atoms with E-state index in [4.69, 9.17) is 16.3 Å². The molecule has 2 heterocycles. The maximum absolute atomic E-state index is 5.99. The first-order valence-corrected chi connectivity index (χ1v) is 7.58. The van der Waals surface area contributed by atoms with E-state index in [0.29, 0.717) is 6.10 Å². The van der Waals surface area contributed by atoms with Crippen LogP contribution in [0.5, 0.6) is 0 Å². The minimum absolute atomic E-state index is 0.299. The minimum atomic E-state index is 0.299. The molecule has 3 nitrogen and oxygen atoms in total. The van der Waals surface area contributed by atoms with Gasteiger partial charge in [-0.25, -0.2) is 0 Å². The third-order valence-electron chi connectivity index (χ3n) is 2.71. The van der Waals surface area contributed by atoms with Gasteiger partial charge in [-0.1, -0.05) is 11.6 Å². The molecule has 1 aliphatic rings.